The van der Waals surface area contributed by atoms with Crippen molar-refractivity contribution in [3.63, 3.8) is 0 Å². The number of hydrogen-bond donors (Lipinski definition) is 1. The van der Waals surface area contributed by atoms with Crippen LogP contribution in [-0.2, 0) is 0 Å². The Balaban J connectivity index is 3.03. The zero-order valence-corrected chi connectivity index (χ0v) is 11.5. The first-order valence-corrected chi connectivity index (χ1v) is 6.29. The molecule has 96 valence electrons. The van der Waals surface area contributed by atoms with Crippen molar-refractivity contribution in [1.29, 1.82) is 5.26 Å². The van der Waals surface area contributed by atoms with Gasteiger partial charge in [0.05, 0.1) is 6.07 Å². The Morgan fingerprint density at radius 3 is 2.44 bits per heavy atom. The van der Waals surface area contributed by atoms with Crippen molar-refractivity contribution in [3.8, 4) is 6.07 Å². The number of amides is 1. The van der Waals surface area contributed by atoms with Gasteiger partial charge >= 0.3 is 0 Å². The topological polar surface area (TPSA) is 52.9 Å². The Hall–Kier alpha value is -1.82. The summed E-state index contributed by atoms with van der Waals surface area (Å²) in [7, 11) is 0. The van der Waals surface area contributed by atoms with Gasteiger partial charge in [-0.25, -0.2) is 0 Å². The van der Waals surface area contributed by atoms with E-state index in [4.69, 9.17) is 0 Å². The summed E-state index contributed by atoms with van der Waals surface area (Å²) >= 11 is 0. The summed E-state index contributed by atoms with van der Waals surface area (Å²) in [5.74, 6) is -0.165. The molecule has 0 saturated heterocycles. The third-order valence-electron chi connectivity index (χ3n) is 3.62. The summed E-state index contributed by atoms with van der Waals surface area (Å²) in [5.41, 5.74) is 1.94. The van der Waals surface area contributed by atoms with Gasteiger partial charge in [0.1, 0.15) is 5.54 Å². The lowest BCUT2D eigenvalue weighted by Crippen LogP contribution is -2.46. The second-order valence-electron chi connectivity index (χ2n) is 4.60. The summed E-state index contributed by atoms with van der Waals surface area (Å²) in [5, 5.41) is 12.1. The van der Waals surface area contributed by atoms with Crippen LogP contribution in [-0.4, -0.2) is 11.4 Å². The molecule has 1 aromatic rings. The van der Waals surface area contributed by atoms with Crippen LogP contribution in [0.1, 0.15) is 48.2 Å². The number of aryl methyl sites for hydroxylation is 1. The maximum Gasteiger partial charge on any atom is 0.252 e. The Bertz CT molecular complexity index is 482. The molecule has 0 aliphatic heterocycles. The molecule has 0 atom stereocenters. The van der Waals surface area contributed by atoms with Gasteiger partial charge in [-0.05, 0) is 43.9 Å². The fraction of sp³-hybridized carbons (Fsp3) is 0.467. The molecule has 0 aliphatic rings. The van der Waals surface area contributed by atoms with Gasteiger partial charge in [-0.1, -0.05) is 26.0 Å². The minimum absolute atomic E-state index is 0.165. The zero-order chi connectivity index (χ0) is 13.8. The van der Waals surface area contributed by atoms with Gasteiger partial charge in [0.2, 0.25) is 0 Å². The number of benzene rings is 1. The normalized spacial score (nSPS) is 10.8. The molecule has 0 spiro atoms. The molecule has 0 aromatic heterocycles. The quantitative estimate of drug-likeness (QED) is 0.884. The largest absolute Gasteiger partial charge is 0.334 e. The van der Waals surface area contributed by atoms with Crippen LogP contribution in [0.5, 0.6) is 0 Å². The molecule has 0 unspecified atom stereocenters. The Morgan fingerprint density at radius 2 is 1.94 bits per heavy atom. The maximum atomic E-state index is 12.2. The van der Waals surface area contributed by atoms with E-state index >= 15 is 0 Å². The highest BCUT2D eigenvalue weighted by atomic mass is 16.1. The molecule has 1 amide bonds. The van der Waals surface area contributed by atoms with Crippen molar-refractivity contribution in [1.82, 2.24) is 5.32 Å². The Morgan fingerprint density at radius 1 is 1.33 bits per heavy atom. The predicted molar refractivity (Wildman–Crippen MR) is 72.3 cm³/mol. The van der Waals surface area contributed by atoms with Crippen LogP contribution in [0.3, 0.4) is 0 Å². The van der Waals surface area contributed by atoms with Crippen LogP contribution in [0, 0.1) is 25.2 Å². The standard InChI is InChI=1S/C15H20N2O/c1-5-15(6-2,10-16)17-14(18)13-9-7-8-11(3)12(13)4/h7-9H,5-6H2,1-4H3,(H,17,18). The molecule has 0 bridgehead atoms. The Labute approximate surface area is 109 Å². The first-order chi connectivity index (χ1) is 8.49. The van der Waals surface area contributed by atoms with Gasteiger partial charge in [-0.2, -0.15) is 5.26 Å². The van der Waals surface area contributed by atoms with E-state index in [0.29, 0.717) is 18.4 Å². The van der Waals surface area contributed by atoms with E-state index in [0.717, 1.165) is 11.1 Å². The van der Waals surface area contributed by atoms with E-state index in [9.17, 15) is 10.1 Å². The first-order valence-electron chi connectivity index (χ1n) is 6.29. The van der Waals surface area contributed by atoms with Crippen molar-refractivity contribution in [2.75, 3.05) is 0 Å². The molecule has 1 N–H and O–H groups in total. The van der Waals surface area contributed by atoms with Gasteiger partial charge in [0.15, 0.2) is 0 Å². The van der Waals surface area contributed by atoms with Crippen molar-refractivity contribution in [2.45, 2.75) is 46.1 Å². The van der Waals surface area contributed by atoms with Crippen molar-refractivity contribution < 1.29 is 4.79 Å². The molecule has 0 fully saturated rings. The molecule has 18 heavy (non-hydrogen) atoms. The number of carbonyl (C=O) groups excluding carboxylic acids is 1. The zero-order valence-electron chi connectivity index (χ0n) is 11.5. The molecule has 0 aliphatic carbocycles. The van der Waals surface area contributed by atoms with Crippen LogP contribution in [0.2, 0.25) is 0 Å². The molecule has 1 aromatic carbocycles. The van der Waals surface area contributed by atoms with Gasteiger partial charge < -0.3 is 5.32 Å². The molecule has 0 radical (unpaired) electrons. The van der Waals surface area contributed by atoms with Gasteiger partial charge in [0, 0.05) is 5.56 Å². The molecule has 3 nitrogen and oxygen atoms in total. The lowest BCUT2D eigenvalue weighted by molar-refractivity contribution is 0.0915. The maximum absolute atomic E-state index is 12.2. The fourth-order valence-electron chi connectivity index (χ4n) is 1.89. The minimum Gasteiger partial charge on any atom is -0.334 e. The van der Waals surface area contributed by atoms with E-state index in [2.05, 4.69) is 11.4 Å². The SMILES string of the molecule is CCC(C#N)(CC)NC(=O)c1cccc(C)c1C. The van der Waals surface area contributed by atoms with Crippen LogP contribution in [0.15, 0.2) is 18.2 Å². The van der Waals surface area contributed by atoms with E-state index in [1.165, 1.54) is 0 Å². The van der Waals surface area contributed by atoms with Gasteiger partial charge in [0.25, 0.3) is 5.91 Å². The molecular formula is C15H20N2O. The average molecular weight is 244 g/mol. The van der Waals surface area contributed by atoms with Crippen LogP contribution in [0.25, 0.3) is 0 Å². The third-order valence-corrected chi connectivity index (χ3v) is 3.62. The number of rotatable bonds is 4. The minimum atomic E-state index is -0.757. The number of nitrogens with one attached hydrogen (secondary N) is 1. The number of hydrogen-bond acceptors (Lipinski definition) is 2. The summed E-state index contributed by atoms with van der Waals surface area (Å²) in [4.78, 5) is 12.2. The fourth-order valence-corrected chi connectivity index (χ4v) is 1.89. The molecular weight excluding hydrogens is 224 g/mol. The summed E-state index contributed by atoms with van der Waals surface area (Å²) in [6.45, 7) is 7.73. The highest BCUT2D eigenvalue weighted by Gasteiger charge is 2.28. The number of nitrogens with zero attached hydrogens (tertiary/aromatic N) is 1. The number of carbonyl (C=O) groups is 1. The van der Waals surface area contributed by atoms with Crippen LogP contribution in [0.4, 0.5) is 0 Å². The van der Waals surface area contributed by atoms with Crippen LogP contribution < -0.4 is 5.32 Å². The summed E-state index contributed by atoms with van der Waals surface area (Å²) in [6.07, 6.45) is 1.22. The molecule has 0 saturated carbocycles. The highest BCUT2D eigenvalue weighted by molar-refractivity contribution is 5.96. The highest BCUT2D eigenvalue weighted by Crippen LogP contribution is 2.17. The molecule has 1 rings (SSSR count). The first kappa shape index (κ1) is 14.2. The lowest BCUT2D eigenvalue weighted by Gasteiger charge is -2.25. The summed E-state index contributed by atoms with van der Waals surface area (Å²) in [6, 6.07) is 7.85. The van der Waals surface area contributed by atoms with Crippen molar-refractivity contribution in [2.24, 2.45) is 0 Å². The number of nitriles is 1. The van der Waals surface area contributed by atoms with E-state index in [-0.39, 0.29) is 5.91 Å². The predicted octanol–water partition coefficient (Wildman–Crippen LogP) is 3.12. The smallest absolute Gasteiger partial charge is 0.252 e. The second kappa shape index (κ2) is 5.68. The van der Waals surface area contributed by atoms with Crippen molar-refractivity contribution in [3.05, 3.63) is 34.9 Å². The average Bonchev–Trinajstić information content (AvgIpc) is 2.39. The van der Waals surface area contributed by atoms with E-state index in [1.807, 2.05) is 39.8 Å². The van der Waals surface area contributed by atoms with E-state index in [1.54, 1.807) is 6.07 Å². The third kappa shape index (κ3) is 2.70. The van der Waals surface area contributed by atoms with Crippen molar-refractivity contribution >= 4 is 5.91 Å². The summed E-state index contributed by atoms with van der Waals surface area (Å²) < 4.78 is 0. The Kier molecular flexibility index (Phi) is 4.49. The lowest BCUT2D eigenvalue weighted by atomic mass is 9.93. The monoisotopic (exact) mass is 244 g/mol. The molecule has 0 heterocycles. The van der Waals surface area contributed by atoms with Crippen LogP contribution >= 0.6 is 0 Å². The van der Waals surface area contributed by atoms with Gasteiger partial charge in [-0.15, -0.1) is 0 Å². The molecule has 3 heteroatoms. The van der Waals surface area contributed by atoms with Gasteiger partial charge in [-0.3, -0.25) is 4.79 Å². The second-order valence-corrected chi connectivity index (χ2v) is 4.60. The van der Waals surface area contributed by atoms with E-state index < -0.39 is 5.54 Å².